The van der Waals surface area contributed by atoms with Gasteiger partial charge in [0.25, 0.3) is 0 Å². The van der Waals surface area contributed by atoms with Crippen molar-refractivity contribution in [3.05, 3.63) is 88.7 Å². The van der Waals surface area contributed by atoms with Gasteiger partial charge in [-0.15, -0.1) is 0 Å². The molecule has 0 amide bonds. The lowest BCUT2D eigenvalue weighted by molar-refractivity contribution is 0.0730. The molecule has 0 bridgehead atoms. The quantitative estimate of drug-likeness (QED) is 0.464. The van der Waals surface area contributed by atoms with Crippen molar-refractivity contribution in [3.63, 3.8) is 0 Å². The fourth-order valence-corrected chi connectivity index (χ4v) is 2.52. The predicted molar refractivity (Wildman–Crippen MR) is 103 cm³/mol. The van der Waals surface area contributed by atoms with Crippen LogP contribution in [0.5, 0.6) is 11.5 Å². The van der Waals surface area contributed by atoms with Crippen LogP contribution in [0.2, 0.25) is 5.02 Å². The Balaban J connectivity index is 1.80. The fourth-order valence-electron chi connectivity index (χ4n) is 2.31. The van der Waals surface area contributed by atoms with Crippen LogP contribution in [0, 0.1) is 0 Å². The molecule has 3 rings (SSSR count). The molecule has 130 valence electrons. The van der Waals surface area contributed by atoms with Crippen LogP contribution in [0.15, 0.2) is 66.9 Å². The second-order valence-corrected chi connectivity index (χ2v) is 5.77. The van der Waals surface area contributed by atoms with E-state index in [0.29, 0.717) is 22.1 Å². The van der Waals surface area contributed by atoms with Gasteiger partial charge in [0.1, 0.15) is 0 Å². The molecule has 2 aromatic carbocycles. The monoisotopic (exact) mass is 365 g/mol. The van der Waals surface area contributed by atoms with E-state index in [1.165, 1.54) is 7.11 Å². The Morgan fingerprint density at radius 2 is 1.81 bits per heavy atom. The van der Waals surface area contributed by atoms with Crippen molar-refractivity contribution in [1.82, 2.24) is 4.98 Å². The molecular formula is C21H16ClNO3. The molecule has 4 nitrogen and oxygen atoms in total. The molecule has 0 saturated carbocycles. The molecule has 1 heterocycles. The minimum absolute atomic E-state index is 0.301. The summed E-state index contributed by atoms with van der Waals surface area (Å²) < 4.78 is 10.8. The molecule has 1 aromatic heterocycles. The number of hydrogen-bond donors (Lipinski definition) is 0. The van der Waals surface area contributed by atoms with Crippen LogP contribution in [-0.2, 0) is 0 Å². The summed E-state index contributed by atoms with van der Waals surface area (Å²) in [7, 11) is 1.52. The second kappa shape index (κ2) is 8.32. The third-order valence-corrected chi connectivity index (χ3v) is 3.95. The van der Waals surface area contributed by atoms with Crippen molar-refractivity contribution < 1.29 is 14.3 Å². The van der Waals surface area contributed by atoms with Gasteiger partial charge in [0, 0.05) is 6.20 Å². The van der Waals surface area contributed by atoms with E-state index in [2.05, 4.69) is 4.98 Å². The Hall–Kier alpha value is -3.11. The number of methoxy groups -OCH3 is 1. The number of nitrogens with zero attached hydrogens (tertiary/aromatic N) is 1. The number of rotatable bonds is 5. The van der Waals surface area contributed by atoms with Gasteiger partial charge in [-0.3, -0.25) is 4.98 Å². The number of pyridine rings is 1. The second-order valence-electron chi connectivity index (χ2n) is 5.37. The van der Waals surface area contributed by atoms with E-state index >= 15 is 0 Å². The standard InChI is InChI=1S/C21H16ClNO3/c1-25-20-14-15(9-11-16-6-4-5-13-23-16)10-12-19(20)26-21(24)17-7-2-3-8-18(17)22/h2-14H,1H3/b11-9+. The van der Waals surface area contributed by atoms with E-state index in [1.807, 2.05) is 36.4 Å². The molecule has 0 fully saturated rings. The van der Waals surface area contributed by atoms with Crippen molar-refractivity contribution in [2.45, 2.75) is 0 Å². The fraction of sp³-hybridized carbons (Fsp3) is 0.0476. The summed E-state index contributed by atoms with van der Waals surface area (Å²) in [6, 6.07) is 17.7. The largest absolute Gasteiger partial charge is 0.493 e. The van der Waals surface area contributed by atoms with Crippen molar-refractivity contribution in [3.8, 4) is 11.5 Å². The molecule has 0 aliphatic rings. The lowest BCUT2D eigenvalue weighted by Crippen LogP contribution is -2.09. The first-order chi connectivity index (χ1) is 12.7. The molecule has 0 spiro atoms. The maximum absolute atomic E-state index is 12.3. The molecule has 0 saturated heterocycles. The zero-order valence-electron chi connectivity index (χ0n) is 14.1. The van der Waals surface area contributed by atoms with Crippen LogP contribution in [0.4, 0.5) is 0 Å². The van der Waals surface area contributed by atoms with Gasteiger partial charge in [0.05, 0.1) is 23.4 Å². The Labute approximate surface area is 156 Å². The molecule has 26 heavy (non-hydrogen) atoms. The molecule has 0 N–H and O–H groups in total. The highest BCUT2D eigenvalue weighted by atomic mass is 35.5. The zero-order chi connectivity index (χ0) is 18.4. The number of hydrogen-bond acceptors (Lipinski definition) is 4. The Bertz CT molecular complexity index is 939. The number of ether oxygens (including phenoxy) is 2. The first-order valence-corrected chi connectivity index (χ1v) is 8.29. The number of benzene rings is 2. The first kappa shape index (κ1) is 17.7. The topological polar surface area (TPSA) is 48.4 Å². The molecular weight excluding hydrogens is 350 g/mol. The maximum Gasteiger partial charge on any atom is 0.345 e. The average Bonchev–Trinajstić information content (AvgIpc) is 2.68. The Morgan fingerprint density at radius 1 is 1.00 bits per heavy atom. The van der Waals surface area contributed by atoms with Crippen molar-refractivity contribution >= 4 is 29.7 Å². The minimum atomic E-state index is -0.536. The summed E-state index contributed by atoms with van der Waals surface area (Å²) in [5.41, 5.74) is 2.04. The molecule has 5 heteroatoms. The molecule has 0 aliphatic heterocycles. The van der Waals surface area contributed by atoms with E-state index in [1.54, 1.807) is 42.6 Å². The average molecular weight is 366 g/mol. The van der Waals surface area contributed by atoms with Gasteiger partial charge in [-0.05, 0) is 48.0 Å². The number of carbonyl (C=O) groups excluding carboxylic acids is 1. The molecule has 0 radical (unpaired) electrons. The lowest BCUT2D eigenvalue weighted by atomic mass is 10.1. The normalized spacial score (nSPS) is 10.7. The molecule has 0 unspecified atom stereocenters. The van der Waals surface area contributed by atoms with Crippen molar-refractivity contribution in [2.24, 2.45) is 0 Å². The lowest BCUT2D eigenvalue weighted by Gasteiger charge is -2.10. The first-order valence-electron chi connectivity index (χ1n) is 7.91. The van der Waals surface area contributed by atoms with E-state index in [0.717, 1.165) is 11.3 Å². The summed E-state index contributed by atoms with van der Waals surface area (Å²) in [4.78, 5) is 16.5. The summed E-state index contributed by atoms with van der Waals surface area (Å²) in [5, 5.41) is 0.339. The summed E-state index contributed by atoms with van der Waals surface area (Å²) in [6.45, 7) is 0. The van der Waals surface area contributed by atoms with Crippen molar-refractivity contribution in [1.29, 1.82) is 0 Å². The predicted octanol–water partition coefficient (Wildman–Crippen LogP) is 5.13. The SMILES string of the molecule is COc1cc(/C=C/c2ccccn2)ccc1OC(=O)c1ccccc1Cl. The van der Waals surface area contributed by atoms with E-state index in [4.69, 9.17) is 21.1 Å². The van der Waals surface area contributed by atoms with E-state index in [9.17, 15) is 4.79 Å². The van der Waals surface area contributed by atoms with Gasteiger partial charge >= 0.3 is 5.97 Å². The molecule has 0 atom stereocenters. The van der Waals surface area contributed by atoms with E-state index in [-0.39, 0.29) is 0 Å². The number of esters is 1. The van der Waals surface area contributed by atoms with Crippen LogP contribution < -0.4 is 9.47 Å². The summed E-state index contributed by atoms with van der Waals surface area (Å²) in [6.07, 6.45) is 5.53. The van der Waals surface area contributed by atoms with E-state index < -0.39 is 5.97 Å². The van der Waals surface area contributed by atoms with Crippen LogP contribution in [-0.4, -0.2) is 18.1 Å². The Morgan fingerprint density at radius 3 is 2.54 bits per heavy atom. The van der Waals surface area contributed by atoms with Gasteiger partial charge in [0.2, 0.25) is 0 Å². The van der Waals surface area contributed by atoms with Crippen LogP contribution in [0.25, 0.3) is 12.2 Å². The highest BCUT2D eigenvalue weighted by Gasteiger charge is 2.15. The smallest absolute Gasteiger partial charge is 0.345 e. The molecule has 0 aliphatic carbocycles. The van der Waals surface area contributed by atoms with Gasteiger partial charge < -0.3 is 9.47 Å². The van der Waals surface area contributed by atoms with Gasteiger partial charge in [0.15, 0.2) is 11.5 Å². The van der Waals surface area contributed by atoms with Gasteiger partial charge in [-0.1, -0.05) is 41.9 Å². The van der Waals surface area contributed by atoms with Gasteiger partial charge in [-0.25, -0.2) is 4.79 Å². The van der Waals surface area contributed by atoms with Crippen LogP contribution in [0.3, 0.4) is 0 Å². The third-order valence-electron chi connectivity index (χ3n) is 3.62. The van der Waals surface area contributed by atoms with Gasteiger partial charge in [-0.2, -0.15) is 0 Å². The highest BCUT2D eigenvalue weighted by Crippen LogP contribution is 2.30. The maximum atomic E-state index is 12.3. The summed E-state index contributed by atoms with van der Waals surface area (Å²) >= 11 is 6.04. The van der Waals surface area contributed by atoms with Crippen LogP contribution in [0.1, 0.15) is 21.6 Å². The Kier molecular flexibility index (Phi) is 5.66. The zero-order valence-corrected chi connectivity index (χ0v) is 14.8. The number of aromatic nitrogens is 1. The van der Waals surface area contributed by atoms with Crippen molar-refractivity contribution in [2.75, 3.05) is 7.11 Å². The summed E-state index contributed by atoms with van der Waals surface area (Å²) in [5.74, 6) is 0.242. The number of carbonyl (C=O) groups is 1. The molecule has 3 aromatic rings. The number of halogens is 1. The highest BCUT2D eigenvalue weighted by molar-refractivity contribution is 6.33. The third kappa shape index (κ3) is 4.29. The minimum Gasteiger partial charge on any atom is -0.493 e. The van der Waals surface area contributed by atoms with Crippen LogP contribution >= 0.6 is 11.6 Å².